The van der Waals surface area contributed by atoms with Crippen molar-refractivity contribution in [2.75, 3.05) is 0 Å². The van der Waals surface area contributed by atoms with E-state index in [-0.39, 0.29) is 0 Å². The monoisotopic (exact) mass is 590 g/mol. The molecule has 238 valence electrons. The topological polar surface area (TPSA) is 0 Å². The smallest absolute Gasteiger partial charge is 0.00361 e. The lowest BCUT2D eigenvalue weighted by atomic mass is 9.30. The van der Waals surface area contributed by atoms with Crippen molar-refractivity contribution < 1.29 is 0 Å². The summed E-state index contributed by atoms with van der Waals surface area (Å²) in [4.78, 5) is 0. The van der Waals surface area contributed by atoms with Gasteiger partial charge in [0.05, 0.1) is 0 Å². The molecule has 8 saturated carbocycles. The maximum absolute atomic E-state index is 2.74. The average Bonchev–Trinajstić information content (AvgIpc) is 2.95. The van der Waals surface area contributed by atoms with Crippen LogP contribution in [-0.4, -0.2) is 0 Å². The number of rotatable bonds is 7. The van der Waals surface area contributed by atoms with E-state index in [0.29, 0.717) is 45.3 Å². The maximum Gasteiger partial charge on any atom is -0.00361 e. The van der Waals surface area contributed by atoms with Gasteiger partial charge in [-0.15, -0.1) is 0 Å². The van der Waals surface area contributed by atoms with Gasteiger partial charge in [0.15, 0.2) is 0 Å². The molecule has 0 radical (unpaired) electrons. The molecule has 0 heterocycles. The van der Waals surface area contributed by atoms with Crippen LogP contribution in [0.5, 0.6) is 0 Å². The van der Waals surface area contributed by atoms with Gasteiger partial charge < -0.3 is 0 Å². The van der Waals surface area contributed by atoms with Gasteiger partial charge in [-0.2, -0.15) is 0 Å². The third-order valence-corrected chi connectivity index (χ3v) is 15.1. The van der Waals surface area contributed by atoms with Crippen LogP contribution in [0.2, 0.25) is 0 Å². The summed E-state index contributed by atoms with van der Waals surface area (Å²) < 4.78 is 0. The molecule has 8 aliphatic carbocycles. The van der Waals surface area contributed by atoms with Gasteiger partial charge >= 0.3 is 0 Å². The summed E-state index contributed by atoms with van der Waals surface area (Å²) in [7, 11) is 0. The first-order chi connectivity index (χ1) is 20.9. The van der Waals surface area contributed by atoms with Crippen LogP contribution in [0.3, 0.4) is 0 Å². The van der Waals surface area contributed by atoms with E-state index in [2.05, 4.69) is 91.8 Å². The van der Waals surface area contributed by atoms with Gasteiger partial charge in [-0.25, -0.2) is 0 Å². The zero-order valence-corrected chi connectivity index (χ0v) is 29.6. The molecule has 0 saturated heterocycles. The van der Waals surface area contributed by atoms with E-state index in [1.807, 2.05) is 0 Å². The van der Waals surface area contributed by atoms with Gasteiger partial charge in [-0.05, 0) is 179 Å². The Morgan fingerprint density at radius 2 is 0.750 bits per heavy atom. The van der Waals surface area contributed by atoms with Crippen LogP contribution in [0, 0.1) is 34.5 Å². The van der Waals surface area contributed by atoms with Crippen LogP contribution < -0.4 is 0 Å². The van der Waals surface area contributed by atoms with E-state index in [1.54, 1.807) is 59.1 Å². The third-order valence-electron chi connectivity index (χ3n) is 15.1. The molecular formula is C44H62. The quantitative estimate of drug-likeness (QED) is 0.301. The largest absolute Gasteiger partial charge is 0.0587 e. The molecule has 0 N–H and O–H groups in total. The highest BCUT2D eigenvalue weighted by molar-refractivity contribution is 5.44. The predicted octanol–water partition coefficient (Wildman–Crippen LogP) is 12.6. The second-order valence-corrected chi connectivity index (χ2v) is 19.3. The van der Waals surface area contributed by atoms with Gasteiger partial charge in [-0.1, -0.05) is 91.8 Å². The van der Waals surface area contributed by atoms with Crippen molar-refractivity contribution in [1.82, 2.24) is 0 Å². The first-order valence-corrected chi connectivity index (χ1v) is 19.1. The highest BCUT2D eigenvalue weighted by atomic mass is 14.7. The second kappa shape index (κ2) is 9.97. The normalized spacial score (nSPS) is 40.4. The lowest BCUT2D eigenvalue weighted by molar-refractivity contribution is -0.212. The molecule has 8 fully saturated rings. The summed E-state index contributed by atoms with van der Waals surface area (Å²) >= 11 is 0. The lowest BCUT2D eigenvalue weighted by Crippen LogP contribution is -2.66. The fourth-order valence-electron chi connectivity index (χ4n) is 14.3. The van der Waals surface area contributed by atoms with Crippen molar-refractivity contribution >= 4 is 0 Å². The van der Waals surface area contributed by atoms with Gasteiger partial charge in [0.2, 0.25) is 0 Å². The summed E-state index contributed by atoms with van der Waals surface area (Å²) in [6.45, 7) is 19.3. The minimum atomic E-state index is 0.434. The summed E-state index contributed by atoms with van der Waals surface area (Å²) in [5.41, 5.74) is 12.0. The Morgan fingerprint density at radius 3 is 1.05 bits per heavy atom. The lowest BCUT2D eigenvalue weighted by Gasteiger charge is -2.74. The Balaban J connectivity index is 1.20. The van der Waals surface area contributed by atoms with Crippen molar-refractivity contribution in [1.29, 1.82) is 0 Å². The molecule has 2 aromatic carbocycles. The van der Waals surface area contributed by atoms with Crippen molar-refractivity contribution in [3.05, 3.63) is 69.8 Å². The van der Waals surface area contributed by atoms with Crippen LogP contribution in [0.25, 0.3) is 0 Å². The zero-order chi connectivity index (χ0) is 30.8. The molecule has 0 aromatic heterocycles. The number of hydrogen-bond acceptors (Lipinski definition) is 0. The van der Waals surface area contributed by atoms with Gasteiger partial charge in [-0.3, -0.25) is 0 Å². The zero-order valence-electron chi connectivity index (χ0n) is 29.6. The van der Waals surface area contributed by atoms with Crippen molar-refractivity contribution in [2.45, 2.75) is 167 Å². The molecule has 0 aliphatic heterocycles. The fourth-order valence-corrected chi connectivity index (χ4v) is 14.3. The van der Waals surface area contributed by atoms with Crippen molar-refractivity contribution in [3.63, 3.8) is 0 Å². The summed E-state index contributed by atoms with van der Waals surface area (Å²) in [5, 5.41) is 0. The molecule has 0 spiro atoms. The molecule has 8 aliphatic rings. The van der Waals surface area contributed by atoms with Crippen LogP contribution in [-0.2, 0) is 10.8 Å². The maximum atomic E-state index is 2.74. The van der Waals surface area contributed by atoms with Crippen LogP contribution in [0.1, 0.15) is 189 Å². The van der Waals surface area contributed by atoms with Crippen molar-refractivity contribution in [3.8, 4) is 0 Å². The highest BCUT2D eigenvalue weighted by Crippen LogP contribution is 2.78. The summed E-state index contributed by atoms with van der Waals surface area (Å²) in [6, 6.07) is 15.9. The van der Waals surface area contributed by atoms with Crippen LogP contribution >= 0.6 is 0 Å². The minimum absolute atomic E-state index is 0.434. The first kappa shape index (κ1) is 29.8. The molecule has 8 bridgehead atoms. The second-order valence-electron chi connectivity index (χ2n) is 19.3. The molecule has 0 amide bonds. The van der Waals surface area contributed by atoms with E-state index in [9.17, 15) is 0 Å². The van der Waals surface area contributed by atoms with Gasteiger partial charge in [0.25, 0.3) is 0 Å². The highest BCUT2D eigenvalue weighted by Gasteiger charge is 2.70. The van der Waals surface area contributed by atoms with Gasteiger partial charge in [0, 0.05) is 0 Å². The molecule has 4 unspecified atom stereocenters. The van der Waals surface area contributed by atoms with Crippen LogP contribution in [0.15, 0.2) is 36.4 Å². The molecule has 10 rings (SSSR count). The number of benzene rings is 2. The van der Waals surface area contributed by atoms with E-state index in [4.69, 9.17) is 0 Å². The molecule has 44 heavy (non-hydrogen) atoms. The SMILES string of the molecule is CC(C)c1ccc(C23CC4CC(C2)CC(C25CC6CC(CC(c7ccc(C(C)C)c(C(C)C)c7)(C6)C2)C5)(C4)C3)cc1C(C)C. The Kier molecular flexibility index (Phi) is 6.76. The van der Waals surface area contributed by atoms with Gasteiger partial charge in [0.1, 0.15) is 0 Å². The third kappa shape index (κ3) is 4.27. The molecule has 0 nitrogen and oxygen atoms in total. The molecule has 2 aromatic rings. The minimum Gasteiger partial charge on any atom is -0.0587 e. The van der Waals surface area contributed by atoms with E-state index >= 15 is 0 Å². The Morgan fingerprint density at radius 1 is 0.432 bits per heavy atom. The first-order valence-electron chi connectivity index (χ1n) is 19.1. The predicted molar refractivity (Wildman–Crippen MR) is 187 cm³/mol. The molecule has 0 heteroatoms. The van der Waals surface area contributed by atoms with Crippen LogP contribution in [0.4, 0.5) is 0 Å². The summed E-state index contributed by atoms with van der Waals surface area (Å²) in [6.07, 6.45) is 18.2. The van der Waals surface area contributed by atoms with E-state index < -0.39 is 0 Å². The Labute approximate surface area is 270 Å². The van der Waals surface area contributed by atoms with E-state index in [1.165, 1.54) is 51.4 Å². The molecular weight excluding hydrogens is 528 g/mol. The molecule has 4 atom stereocenters. The Hall–Kier alpha value is -1.56. The van der Waals surface area contributed by atoms with Crippen molar-refractivity contribution in [2.24, 2.45) is 34.5 Å². The number of hydrogen-bond donors (Lipinski definition) is 0. The average molecular weight is 591 g/mol. The Bertz CT molecular complexity index is 1290. The van der Waals surface area contributed by atoms with E-state index in [0.717, 1.165) is 23.7 Å². The fraction of sp³-hybridized carbons (Fsp3) is 0.727. The standard InChI is InChI=1S/C44H62/c1-27(2)37-11-9-35(15-39(37)29(5)6)41-17-31-13-32(18-41)22-43(21-31,25-41)44-23-33-14-34(24-44)20-42(19-33,26-44)36-10-12-38(28(3)4)40(16-36)30(7)8/h9-12,15-16,27-34H,13-14,17-26H2,1-8H3. The summed E-state index contributed by atoms with van der Waals surface area (Å²) in [5.74, 6) is 6.29.